The highest BCUT2D eigenvalue weighted by Gasteiger charge is 2.31. The molecule has 1 fully saturated rings. The Morgan fingerprint density at radius 1 is 1.19 bits per heavy atom. The van der Waals surface area contributed by atoms with Crippen LogP contribution in [-0.4, -0.2) is 42.1 Å². The third-order valence-electron chi connectivity index (χ3n) is 3.84. The van der Waals surface area contributed by atoms with Crippen molar-refractivity contribution in [2.24, 2.45) is 5.41 Å². The monoisotopic (exact) mass is 291 g/mol. The summed E-state index contributed by atoms with van der Waals surface area (Å²) in [4.78, 5) is 2.58. The molecule has 0 aromatic heterocycles. The second-order valence-electron chi connectivity index (χ2n) is 5.29. The van der Waals surface area contributed by atoms with Gasteiger partial charge in [0.05, 0.1) is 12.2 Å². The summed E-state index contributed by atoms with van der Waals surface area (Å²) >= 11 is 3.69. The molecule has 1 aliphatic heterocycles. The predicted octanol–water partition coefficient (Wildman–Crippen LogP) is 3.30. The van der Waals surface area contributed by atoms with E-state index in [2.05, 4.69) is 48.5 Å². The van der Waals surface area contributed by atoms with Gasteiger partial charge in [-0.1, -0.05) is 29.8 Å². The first-order chi connectivity index (χ1) is 7.55. The van der Waals surface area contributed by atoms with Gasteiger partial charge < -0.3 is 4.74 Å². The third-order valence-corrected chi connectivity index (χ3v) is 5.03. The molecule has 0 spiro atoms. The van der Waals surface area contributed by atoms with Crippen LogP contribution in [0, 0.1) is 5.41 Å². The van der Waals surface area contributed by atoms with Crippen molar-refractivity contribution in [1.82, 2.24) is 4.90 Å². The van der Waals surface area contributed by atoms with Crippen LogP contribution in [0.1, 0.15) is 40.5 Å². The van der Waals surface area contributed by atoms with Crippen LogP contribution in [0.15, 0.2) is 0 Å². The van der Waals surface area contributed by atoms with E-state index < -0.39 is 0 Å². The van der Waals surface area contributed by atoms with Gasteiger partial charge in [-0.15, -0.1) is 0 Å². The summed E-state index contributed by atoms with van der Waals surface area (Å²) in [6, 6.07) is 0. The van der Waals surface area contributed by atoms with Crippen LogP contribution in [0.5, 0.6) is 0 Å². The standard InChI is InChI=1S/C13H26BrNO/c1-5-13(6-2,9-14)10-15-7-11(3)16-12(4)8-15/h11-12H,5-10H2,1-4H3. The highest BCUT2D eigenvalue weighted by atomic mass is 79.9. The molecule has 0 aliphatic carbocycles. The Bertz CT molecular complexity index is 188. The number of rotatable bonds is 5. The molecule has 3 heteroatoms. The number of hydrogen-bond donors (Lipinski definition) is 0. The number of morpholine rings is 1. The summed E-state index contributed by atoms with van der Waals surface area (Å²) in [5, 5.41) is 1.10. The highest BCUT2D eigenvalue weighted by molar-refractivity contribution is 9.09. The van der Waals surface area contributed by atoms with Crippen LogP contribution < -0.4 is 0 Å². The van der Waals surface area contributed by atoms with E-state index in [1.54, 1.807) is 0 Å². The van der Waals surface area contributed by atoms with Crippen molar-refractivity contribution in [3.8, 4) is 0 Å². The lowest BCUT2D eigenvalue weighted by Crippen LogP contribution is -2.49. The van der Waals surface area contributed by atoms with Gasteiger partial charge in [-0.25, -0.2) is 0 Å². The summed E-state index contributed by atoms with van der Waals surface area (Å²) in [6.07, 6.45) is 3.25. The lowest BCUT2D eigenvalue weighted by Gasteiger charge is -2.41. The van der Waals surface area contributed by atoms with Crippen molar-refractivity contribution in [2.45, 2.75) is 52.7 Å². The van der Waals surface area contributed by atoms with Gasteiger partial charge in [-0.3, -0.25) is 4.90 Å². The highest BCUT2D eigenvalue weighted by Crippen LogP contribution is 2.30. The van der Waals surface area contributed by atoms with Crippen LogP contribution in [-0.2, 0) is 4.74 Å². The molecule has 16 heavy (non-hydrogen) atoms. The van der Waals surface area contributed by atoms with Crippen molar-refractivity contribution in [3.05, 3.63) is 0 Å². The normalized spacial score (nSPS) is 28.3. The Morgan fingerprint density at radius 2 is 1.69 bits per heavy atom. The maximum Gasteiger partial charge on any atom is 0.0678 e. The fourth-order valence-corrected chi connectivity index (χ4v) is 3.56. The van der Waals surface area contributed by atoms with Gasteiger partial charge in [-0.2, -0.15) is 0 Å². The van der Waals surface area contributed by atoms with Gasteiger partial charge in [-0.05, 0) is 32.1 Å². The molecule has 1 saturated heterocycles. The van der Waals surface area contributed by atoms with Crippen LogP contribution >= 0.6 is 15.9 Å². The minimum absolute atomic E-state index is 0.380. The van der Waals surface area contributed by atoms with Crippen LogP contribution in [0.3, 0.4) is 0 Å². The number of halogens is 1. The molecule has 0 saturated carbocycles. The van der Waals surface area contributed by atoms with Crippen LogP contribution in [0.4, 0.5) is 0 Å². The summed E-state index contributed by atoms with van der Waals surface area (Å²) in [7, 11) is 0. The zero-order valence-corrected chi connectivity index (χ0v) is 12.7. The van der Waals surface area contributed by atoms with Gasteiger partial charge in [0, 0.05) is 25.0 Å². The Hall–Kier alpha value is 0.400. The first-order valence-corrected chi connectivity index (χ1v) is 7.61. The van der Waals surface area contributed by atoms with Crippen molar-refractivity contribution in [1.29, 1.82) is 0 Å². The fourth-order valence-electron chi connectivity index (χ4n) is 2.59. The van der Waals surface area contributed by atoms with E-state index in [-0.39, 0.29) is 0 Å². The van der Waals surface area contributed by atoms with E-state index in [1.165, 1.54) is 19.4 Å². The van der Waals surface area contributed by atoms with E-state index in [1.807, 2.05) is 0 Å². The molecule has 0 bridgehead atoms. The van der Waals surface area contributed by atoms with E-state index >= 15 is 0 Å². The minimum atomic E-state index is 0.380. The maximum absolute atomic E-state index is 5.78. The zero-order valence-electron chi connectivity index (χ0n) is 11.1. The Labute approximate surface area is 109 Å². The molecule has 1 heterocycles. The van der Waals surface area contributed by atoms with Gasteiger partial charge in [0.25, 0.3) is 0 Å². The van der Waals surface area contributed by atoms with Crippen LogP contribution in [0.25, 0.3) is 0 Å². The molecule has 0 amide bonds. The Morgan fingerprint density at radius 3 is 2.06 bits per heavy atom. The molecule has 1 aliphatic rings. The summed E-state index contributed by atoms with van der Waals surface area (Å²) < 4.78 is 5.78. The molecule has 0 radical (unpaired) electrons. The molecule has 0 aromatic carbocycles. The molecular weight excluding hydrogens is 266 g/mol. The van der Waals surface area contributed by atoms with Crippen molar-refractivity contribution in [2.75, 3.05) is 25.0 Å². The molecule has 0 N–H and O–H groups in total. The first-order valence-electron chi connectivity index (χ1n) is 6.49. The topological polar surface area (TPSA) is 12.5 Å². The van der Waals surface area contributed by atoms with E-state index in [4.69, 9.17) is 4.74 Å². The average molecular weight is 292 g/mol. The van der Waals surface area contributed by atoms with E-state index in [0.29, 0.717) is 17.6 Å². The Kier molecular flexibility index (Phi) is 5.75. The number of nitrogens with zero attached hydrogens (tertiary/aromatic N) is 1. The van der Waals surface area contributed by atoms with Gasteiger partial charge in [0.2, 0.25) is 0 Å². The second kappa shape index (κ2) is 6.36. The number of alkyl halides is 1. The fraction of sp³-hybridized carbons (Fsp3) is 1.00. The molecule has 0 aromatic rings. The summed E-state index contributed by atoms with van der Waals surface area (Å²) in [5.74, 6) is 0. The smallest absolute Gasteiger partial charge is 0.0678 e. The minimum Gasteiger partial charge on any atom is -0.373 e. The quantitative estimate of drug-likeness (QED) is 0.721. The molecular formula is C13H26BrNO. The van der Waals surface area contributed by atoms with Gasteiger partial charge in [0.1, 0.15) is 0 Å². The lowest BCUT2D eigenvalue weighted by atomic mass is 9.84. The van der Waals surface area contributed by atoms with Gasteiger partial charge >= 0.3 is 0 Å². The first kappa shape index (κ1) is 14.5. The van der Waals surface area contributed by atoms with Crippen LogP contribution in [0.2, 0.25) is 0 Å². The third kappa shape index (κ3) is 3.71. The zero-order chi connectivity index (χ0) is 12.2. The largest absolute Gasteiger partial charge is 0.373 e. The maximum atomic E-state index is 5.78. The molecule has 2 nitrogen and oxygen atoms in total. The molecule has 2 atom stereocenters. The van der Waals surface area contributed by atoms with Crippen molar-refractivity contribution >= 4 is 15.9 Å². The number of ether oxygens (including phenoxy) is 1. The lowest BCUT2D eigenvalue weighted by molar-refractivity contribution is -0.0768. The average Bonchev–Trinajstić information content (AvgIpc) is 2.25. The van der Waals surface area contributed by atoms with Gasteiger partial charge in [0.15, 0.2) is 0 Å². The van der Waals surface area contributed by atoms with E-state index in [9.17, 15) is 0 Å². The molecule has 2 unspecified atom stereocenters. The van der Waals surface area contributed by atoms with Crippen molar-refractivity contribution < 1.29 is 4.74 Å². The molecule has 96 valence electrons. The second-order valence-corrected chi connectivity index (χ2v) is 5.85. The summed E-state index contributed by atoms with van der Waals surface area (Å²) in [5.41, 5.74) is 0.441. The predicted molar refractivity (Wildman–Crippen MR) is 73.3 cm³/mol. The van der Waals surface area contributed by atoms with E-state index in [0.717, 1.165) is 18.4 Å². The summed E-state index contributed by atoms with van der Waals surface area (Å²) in [6.45, 7) is 12.3. The Balaban J connectivity index is 2.57. The SMILES string of the molecule is CCC(CC)(CBr)CN1CC(C)OC(C)C1. The molecule has 1 rings (SSSR count). The number of hydrogen-bond acceptors (Lipinski definition) is 2. The van der Waals surface area contributed by atoms with Crippen molar-refractivity contribution in [3.63, 3.8) is 0 Å².